The minimum absolute atomic E-state index is 0.0424. The van der Waals surface area contributed by atoms with Crippen molar-refractivity contribution >= 4 is 17.8 Å². The number of methoxy groups -OCH3 is 1. The molecule has 4 aromatic carbocycles. The average molecular weight is 647 g/mol. The maximum absolute atomic E-state index is 14.4. The highest BCUT2D eigenvalue weighted by Gasteiger charge is 2.38. The van der Waals surface area contributed by atoms with Crippen molar-refractivity contribution in [1.29, 1.82) is 0 Å². The lowest BCUT2D eigenvalue weighted by Crippen LogP contribution is -2.48. The molecule has 8 nitrogen and oxygen atoms in total. The molecule has 48 heavy (non-hydrogen) atoms. The zero-order chi connectivity index (χ0) is 33.5. The Morgan fingerprint density at radius 1 is 0.875 bits per heavy atom. The van der Waals surface area contributed by atoms with E-state index in [4.69, 9.17) is 9.47 Å². The number of carbonyl (C=O) groups is 3. The van der Waals surface area contributed by atoms with Crippen LogP contribution in [0.5, 0.6) is 11.5 Å². The van der Waals surface area contributed by atoms with E-state index in [0.717, 1.165) is 53.7 Å². The highest BCUT2D eigenvalue weighted by atomic mass is 16.5. The van der Waals surface area contributed by atoms with Crippen molar-refractivity contribution in [3.05, 3.63) is 119 Å². The monoisotopic (exact) mass is 646 g/mol. The largest absolute Gasteiger partial charge is 0.497 e. The molecular formula is C40H42N2O6. The van der Waals surface area contributed by atoms with Gasteiger partial charge in [-0.1, -0.05) is 85.6 Å². The van der Waals surface area contributed by atoms with E-state index in [1.165, 1.54) is 0 Å². The number of hydrogen-bond acceptors (Lipinski definition) is 5. The molecular weight excluding hydrogens is 604 g/mol. The number of carbonyl (C=O) groups excluding carboxylic acids is 2. The topological polar surface area (TPSA) is 105 Å². The van der Waals surface area contributed by atoms with Crippen molar-refractivity contribution in [3.63, 3.8) is 0 Å². The van der Waals surface area contributed by atoms with Crippen molar-refractivity contribution < 1.29 is 29.0 Å². The van der Waals surface area contributed by atoms with Gasteiger partial charge in [0, 0.05) is 13.0 Å². The van der Waals surface area contributed by atoms with Gasteiger partial charge in [0.05, 0.1) is 19.6 Å². The number of hydrogen-bond donors (Lipinski definition) is 2. The van der Waals surface area contributed by atoms with Crippen LogP contribution in [0.2, 0.25) is 0 Å². The predicted molar refractivity (Wildman–Crippen MR) is 184 cm³/mol. The van der Waals surface area contributed by atoms with E-state index in [2.05, 4.69) is 5.32 Å². The van der Waals surface area contributed by atoms with Crippen molar-refractivity contribution in [1.82, 2.24) is 10.2 Å². The van der Waals surface area contributed by atoms with Crippen molar-refractivity contribution in [3.8, 4) is 22.6 Å². The first-order valence-electron chi connectivity index (χ1n) is 16.7. The first-order chi connectivity index (χ1) is 23.4. The van der Waals surface area contributed by atoms with Gasteiger partial charge in [-0.15, -0.1) is 0 Å². The van der Waals surface area contributed by atoms with Crippen LogP contribution in [0.4, 0.5) is 0 Å². The Morgan fingerprint density at radius 3 is 2.25 bits per heavy atom. The number of benzene rings is 4. The molecule has 2 unspecified atom stereocenters. The van der Waals surface area contributed by atoms with Gasteiger partial charge in [-0.05, 0) is 82.8 Å². The van der Waals surface area contributed by atoms with Crippen LogP contribution in [-0.2, 0) is 27.4 Å². The minimum atomic E-state index is -1.03. The molecule has 1 saturated carbocycles. The molecule has 2 aliphatic rings. The van der Waals surface area contributed by atoms with Gasteiger partial charge >= 0.3 is 5.97 Å². The van der Waals surface area contributed by atoms with Gasteiger partial charge in [-0.25, -0.2) is 0 Å². The van der Waals surface area contributed by atoms with Crippen LogP contribution in [0.1, 0.15) is 72.9 Å². The molecule has 0 radical (unpaired) electrons. The molecule has 0 bridgehead atoms. The summed E-state index contributed by atoms with van der Waals surface area (Å²) >= 11 is 0. The maximum Gasteiger partial charge on any atom is 0.305 e. The van der Waals surface area contributed by atoms with Crippen molar-refractivity contribution in [2.45, 2.75) is 63.6 Å². The Balaban J connectivity index is 1.27. The second-order valence-corrected chi connectivity index (χ2v) is 12.7. The average Bonchev–Trinajstić information content (AvgIpc) is 3.63. The molecule has 2 amide bonds. The first-order valence-corrected chi connectivity index (χ1v) is 16.7. The first kappa shape index (κ1) is 32.8. The molecule has 1 aliphatic carbocycles. The summed E-state index contributed by atoms with van der Waals surface area (Å²) < 4.78 is 11.4. The third-order valence-electron chi connectivity index (χ3n) is 9.53. The lowest BCUT2D eigenvalue weighted by Gasteiger charge is -2.38. The number of rotatable bonds is 12. The van der Waals surface area contributed by atoms with Crippen LogP contribution >= 0.6 is 0 Å². The van der Waals surface area contributed by atoms with E-state index in [1.807, 2.05) is 97.1 Å². The van der Waals surface area contributed by atoms with Crippen molar-refractivity contribution in [2.24, 2.45) is 5.92 Å². The third kappa shape index (κ3) is 7.88. The Labute approximate surface area is 281 Å². The Kier molecular flexibility index (Phi) is 10.4. The molecule has 248 valence electrons. The summed E-state index contributed by atoms with van der Waals surface area (Å²) in [6, 6.07) is 29.2. The van der Waals surface area contributed by atoms with Crippen LogP contribution < -0.4 is 14.8 Å². The Bertz CT molecular complexity index is 1720. The van der Waals surface area contributed by atoms with Crippen LogP contribution in [0, 0.1) is 5.92 Å². The molecule has 8 heteroatoms. The van der Waals surface area contributed by atoms with Gasteiger partial charge in [0.1, 0.15) is 24.1 Å². The van der Waals surface area contributed by atoms with Crippen molar-refractivity contribution in [2.75, 3.05) is 13.7 Å². The molecule has 2 atom stereocenters. The van der Waals surface area contributed by atoms with E-state index in [-0.39, 0.29) is 12.3 Å². The molecule has 6 rings (SSSR count). The zero-order valence-electron chi connectivity index (χ0n) is 27.3. The number of ether oxygens (including phenoxy) is 2. The Hall–Kier alpha value is -5.11. The molecule has 0 aromatic heterocycles. The SMILES string of the molecule is COc1ccc(COc2ccc3c(c2)C(C(=O)NC(CC(=O)O)c2ccc(-c4ccccc4)cc2)N(C(=O)CC2CCCC2)CC3)cc1. The van der Waals surface area contributed by atoms with Gasteiger partial charge in [-0.3, -0.25) is 14.4 Å². The molecule has 1 aliphatic heterocycles. The second-order valence-electron chi connectivity index (χ2n) is 12.7. The summed E-state index contributed by atoms with van der Waals surface area (Å²) in [6.45, 7) is 0.738. The van der Waals surface area contributed by atoms with Crippen LogP contribution in [0.3, 0.4) is 0 Å². The lowest BCUT2D eigenvalue weighted by atomic mass is 9.90. The third-order valence-corrected chi connectivity index (χ3v) is 9.53. The van der Waals surface area contributed by atoms with Crippen LogP contribution in [-0.4, -0.2) is 41.4 Å². The summed E-state index contributed by atoms with van der Waals surface area (Å²) in [5, 5.41) is 12.9. The highest BCUT2D eigenvalue weighted by molar-refractivity contribution is 5.90. The summed E-state index contributed by atoms with van der Waals surface area (Å²) in [6.07, 6.45) is 5.03. The molecule has 4 aromatic rings. The normalized spacial score (nSPS) is 16.5. The van der Waals surface area contributed by atoms with Gasteiger partial charge < -0.3 is 24.8 Å². The van der Waals surface area contributed by atoms with Gasteiger partial charge in [0.15, 0.2) is 0 Å². The molecule has 0 spiro atoms. The number of carboxylic acids is 1. The lowest BCUT2D eigenvalue weighted by molar-refractivity contribution is -0.143. The van der Waals surface area contributed by atoms with Crippen LogP contribution in [0.25, 0.3) is 11.1 Å². The fourth-order valence-electron chi connectivity index (χ4n) is 6.92. The number of fused-ring (bicyclic) bond motifs is 1. The highest BCUT2D eigenvalue weighted by Crippen LogP contribution is 2.36. The number of nitrogens with zero attached hydrogens (tertiary/aromatic N) is 1. The fraction of sp³-hybridized carbons (Fsp3) is 0.325. The van der Waals surface area contributed by atoms with E-state index in [9.17, 15) is 19.5 Å². The van der Waals surface area contributed by atoms with Crippen LogP contribution in [0.15, 0.2) is 97.1 Å². The summed E-state index contributed by atoms with van der Waals surface area (Å²) in [5.74, 6) is 0.202. The van der Waals surface area contributed by atoms with E-state index >= 15 is 0 Å². The summed E-state index contributed by atoms with van der Waals surface area (Å²) in [5.41, 5.74) is 5.36. The fourth-order valence-corrected chi connectivity index (χ4v) is 6.92. The van der Waals surface area contributed by atoms with E-state index < -0.39 is 24.0 Å². The number of carboxylic acid groups (broad SMARTS) is 1. The van der Waals surface area contributed by atoms with Gasteiger partial charge in [0.2, 0.25) is 11.8 Å². The van der Waals surface area contributed by atoms with E-state index in [0.29, 0.717) is 48.8 Å². The number of amides is 2. The minimum Gasteiger partial charge on any atom is -0.497 e. The number of nitrogens with one attached hydrogen (secondary N) is 1. The molecule has 1 fully saturated rings. The summed E-state index contributed by atoms with van der Waals surface area (Å²) in [4.78, 5) is 41.9. The predicted octanol–water partition coefficient (Wildman–Crippen LogP) is 7.28. The van der Waals surface area contributed by atoms with Gasteiger partial charge in [-0.2, -0.15) is 0 Å². The van der Waals surface area contributed by atoms with E-state index in [1.54, 1.807) is 12.0 Å². The summed E-state index contributed by atoms with van der Waals surface area (Å²) in [7, 11) is 1.62. The molecule has 1 heterocycles. The zero-order valence-corrected chi connectivity index (χ0v) is 27.3. The quantitative estimate of drug-likeness (QED) is 0.168. The van der Waals surface area contributed by atoms with Gasteiger partial charge in [0.25, 0.3) is 0 Å². The second kappa shape index (κ2) is 15.2. The molecule has 0 saturated heterocycles. The standard InChI is InChI=1S/C40H42N2O6/c1-47-33-18-11-28(12-19-33)26-48-34-20-17-31-21-22-42(37(43)23-27-7-5-6-8-27)39(35(31)24-34)40(46)41-36(25-38(44)45)32-15-13-30(14-16-32)29-9-3-2-4-10-29/h2-4,9-20,24,27,36,39H,5-8,21-23,25-26H2,1H3,(H,41,46)(H,44,45). The molecule has 2 N–H and O–H groups in total. The smallest absolute Gasteiger partial charge is 0.305 e. The number of aliphatic carboxylic acids is 1. The Morgan fingerprint density at radius 2 is 1.56 bits per heavy atom. The maximum atomic E-state index is 14.4.